The largest absolute Gasteiger partial charge is 0.343 e. The van der Waals surface area contributed by atoms with Gasteiger partial charge in [0.05, 0.1) is 11.4 Å². The lowest BCUT2D eigenvalue weighted by atomic mass is 9.89. The van der Waals surface area contributed by atoms with E-state index in [2.05, 4.69) is 20.9 Å². The molecule has 1 saturated carbocycles. The first-order chi connectivity index (χ1) is 16.6. The molecule has 0 atom stereocenters. The van der Waals surface area contributed by atoms with Crippen LogP contribution in [-0.2, 0) is 21.5 Å². The van der Waals surface area contributed by atoms with Gasteiger partial charge in [-0.25, -0.2) is 0 Å². The normalized spacial score (nSPS) is 15.2. The fraction of sp³-hybridized carbons (Fsp3) is 0.385. The van der Waals surface area contributed by atoms with Crippen LogP contribution in [-0.4, -0.2) is 22.0 Å². The van der Waals surface area contributed by atoms with E-state index in [1.54, 1.807) is 5.01 Å². The van der Waals surface area contributed by atoms with Gasteiger partial charge in [-0.3, -0.25) is 20.0 Å². The highest BCUT2D eigenvalue weighted by Gasteiger charge is 2.38. The highest BCUT2D eigenvalue weighted by atomic mass is 16.5. The number of hydrazine groups is 1. The van der Waals surface area contributed by atoms with E-state index in [0.29, 0.717) is 18.1 Å². The Bertz CT molecular complexity index is 1040. The Kier molecular flexibility index (Phi) is 7.57. The zero-order valence-electron chi connectivity index (χ0n) is 19.5. The minimum absolute atomic E-state index is 0.102. The molecule has 2 amide bonds. The van der Waals surface area contributed by atoms with E-state index in [-0.39, 0.29) is 18.2 Å². The lowest BCUT2D eigenvalue weighted by Gasteiger charge is -2.30. The van der Waals surface area contributed by atoms with Gasteiger partial charge >= 0.3 is 0 Å². The Morgan fingerprint density at radius 3 is 2.09 bits per heavy atom. The molecule has 0 unspecified atom stereocenters. The van der Waals surface area contributed by atoms with Gasteiger partial charge in [0, 0.05) is 19.8 Å². The molecule has 4 rings (SSSR count). The predicted molar refractivity (Wildman–Crippen MR) is 129 cm³/mol. The number of hydrogen-bond donors (Lipinski definition) is 2. The van der Waals surface area contributed by atoms with Crippen LogP contribution in [0.3, 0.4) is 0 Å². The van der Waals surface area contributed by atoms with Crippen LogP contribution in [0.15, 0.2) is 65.2 Å². The van der Waals surface area contributed by atoms with Crippen LogP contribution in [0.4, 0.5) is 11.4 Å². The Morgan fingerprint density at radius 1 is 0.941 bits per heavy atom. The van der Waals surface area contributed by atoms with Gasteiger partial charge < -0.3 is 9.84 Å². The number of para-hydroxylation sites is 2. The second kappa shape index (κ2) is 11.0. The Labute approximate surface area is 199 Å². The van der Waals surface area contributed by atoms with Crippen LogP contribution < -0.4 is 15.8 Å². The van der Waals surface area contributed by atoms with Crippen molar-refractivity contribution in [3.63, 3.8) is 0 Å². The molecule has 2 N–H and O–H groups in total. The standard InChI is InChI=1S/C26H31N5O3/c1-20(32)28-26(18-10-2-3-11-19-26)25-27-24(34-30-25)17-16-23(33)29-31(21-12-6-4-7-13-21)22-14-8-5-9-15-22/h4-9,12-15H,2-3,10-11,16-19H2,1H3,(H,28,32)(H,29,33). The maximum Gasteiger partial charge on any atom is 0.239 e. The number of aryl methyl sites for hydroxylation is 1. The predicted octanol–water partition coefficient (Wildman–Crippen LogP) is 4.56. The molecule has 34 heavy (non-hydrogen) atoms. The van der Waals surface area contributed by atoms with Gasteiger partial charge in [0.15, 0.2) is 5.82 Å². The average Bonchev–Trinajstić information content (AvgIpc) is 3.22. The molecule has 8 heteroatoms. The highest BCUT2D eigenvalue weighted by molar-refractivity contribution is 5.80. The molecular weight excluding hydrogens is 430 g/mol. The van der Waals surface area contributed by atoms with Crippen LogP contribution in [0.5, 0.6) is 0 Å². The summed E-state index contributed by atoms with van der Waals surface area (Å²) < 4.78 is 5.48. The van der Waals surface area contributed by atoms with E-state index in [1.165, 1.54) is 6.92 Å². The molecule has 8 nitrogen and oxygen atoms in total. The first-order valence-electron chi connectivity index (χ1n) is 11.9. The first-order valence-corrected chi connectivity index (χ1v) is 11.9. The molecule has 1 heterocycles. The molecular formula is C26H31N5O3. The number of carbonyl (C=O) groups is 2. The Morgan fingerprint density at radius 2 is 1.53 bits per heavy atom. The van der Waals surface area contributed by atoms with Crippen molar-refractivity contribution in [2.75, 3.05) is 5.01 Å². The summed E-state index contributed by atoms with van der Waals surface area (Å²) in [6.45, 7) is 1.52. The van der Waals surface area contributed by atoms with Crippen molar-refractivity contribution in [1.29, 1.82) is 0 Å². The van der Waals surface area contributed by atoms with Crippen LogP contribution in [0.1, 0.15) is 63.6 Å². The third-order valence-corrected chi connectivity index (χ3v) is 6.10. The van der Waals surface area contributed by atoms with Crippen molar-refractivity contribution in [3.05, 3.63) is 72.4 Å². The Hall–Kier alpha value is -3.68. The quantitative estimate of drug-likeness (QED) is 0.377. The molecule has 1 aromatic heterocycles. The number of benzene rings is 2. The second-order valence-electron chi connectivity index (χ2n) is 8.73. The lowest BCUT2D eigenvalue weighted by molar-refractivity contribution is -0.122. The monoisotopic (exact) mass is 461 g/mol. The van der Waals surface area contributed by atoms with Crippen molar-refractivity contribution in [1.82, 2.24) is 20.9 Å². The second-order valence-corrected chi connectivity index (χ2v) is 8.73. The van der Waals surface area contributed by atoms with E-state index in [9.17, 15) is 9.59 Å². The summed E-state index contributed by atoms with van der Waals surface area (Å²) in [4.78, 5) is 29.3. The first kappa shape index (κ1) is 23.5. The summed E-state index contributed by atoms with van der Waals surface area (Å²) in [6, 6.07) is 19.3. The molecule has 1 fully saturated rings. The molecule has 0 radical (unpaired) electrons. The van der Waals surface area contributed by atoms with Crippen LogP contribution >= 0.6 is 0 Å². The minimum Gasteiger partial charge on any atom is -0.343 e. The molecule has 0 spiro atoms. The summed E-state index contributed by atoms with van der Waals surface area (Å²) >= 11 is 0. The molecule has 0 saturated heterocycles. The van der Waals surface area contributed by atoms with E-state index >= 15 is 0 Å². The zero-order chi connectivity index (χ0) is 23.8. The van der Waals surface area contributed by atoms with Crippen molar-refractivity contribution < 1.29 is 14.1 Å². The van der Waals surface area contributed by atoms with Crippen molar-refractivity contribution in [3.8, 4) is 0 Å². The molecule has 178 valence electrons. The molecule has 1 aliphatic rings. The van der Waals surface area contributed by atoms with Crippen molar-refractivity contribution in [2.45, 2.75) is 63.8 Å². The van der Waals surface area contributed by atoms with Gasteiger partial charge in [-0.15, -0.1) is 0 Å². The summed E-state index contributed by atoms with van der Waals surface area (Å²) in [6.07, 6.45) is 6.33. The highest BCUT2D eigenvalue weighted by Crippen LogP contribution is 2.34. The van der Waals surface area contributed by atoms with Crippen LogP contribution in [0.25, 0.3) is 0 Å². The Balaban J connectivity index is 1.43. The number of nitrogens with zero attached hydrogens (tertiary/aromatic N) is 3. The van der Waals surface area contributed by atoms with Gasteiger partial charge in [0.2, 0.25) is 17.7 Å². The maximum absolute atomic E-state index is 12.8. The van der Waals surface area contributed by atoms with Gasteiger partial charge in [-0.1, -0.05) is 67.2 Å². The third-order valence-electron chi connectivity index (χ3n) is 6.10. The fourth-order valence-corrected chi connectivity index (χ4v) is 4.46. The summed E-state index contributed by atoms with van der Waals surface area (Å²) in [5, 5.41) is 9.04. The van der Waals surface area contributed by atoms with Crippen molar-refractivity contribution >= 4 is 23.2 Å². The van der Waals surface area contributed by atoms with Gasteiger partial charge in [0.1, 0.15) is 5.54 Å². The van der Waals surface area contributed by atoms with Crippen molar-refractivity contribution in [2.24, 2.45) is 0 Å². The fourth-order valence-electron chi connectivity index (χ4n) is 4.46. The van der Waals surface area contributed by atoms with Gasteiger partial charge in [-0.05, 0) is 37.1 Å². The van der Waals surface area contributed by atoms with Gasteiger partial charge in [-0.2, -0.15) is 4.98 Å². The molecule has 3 aromatic rings. The number of rotatable bonds is 8. The van der Waals surface area contributed by atoms with Gasteiger partial charge in [0.25, 0.3) is 0 Å². The average molecular weight is 462 g/mol. The molecule has 2 aromatic carbocycles. The third kappa shape index (κ3) is 5.81. The zero-order valence-corrected chi connectivity index (χ0v) is 19.5. The number of hydrogen-bond acceptors (Lipinski definition) is 6. The van der Waals surface area contributed by atoms with E-state index in [0.717, 1.165) is 49.9 Å². The minimum atomic E-state index is -0.593. The van der Waals surface area contributed by atoms with E-state index in [1.807, 2.05) is 60.7 Å². The number of aromatic nitrogens is 2. The van der Waals surface area contributed by atoms with E-state index < -0.39 is 5.54 Å². The summed E-state index contributed by atoms with van der Waals surface area (Å²) in [5.41, 5.74) is 4.09. The number of anilines is 2. The maximum atomic E-state index is 12.8. The molecule has 0 bridgehead atoms. The number of nitrogens with one attached hydrogen (secondary N) is 2. The lowest BCUT2D eigenvalue weighted by Crippen LogP contribution is -2.45. The van der Waals surface area contributed by atoms with Crippen LogP contribution in [0.2, 0.25) is 0 Å². The SMILES string of the molecule is CC(=O)NC1(c2noc(CCC(=O)NN(c3ccccc3)c3ccccc3)n2)CCCCCC1. The number of amides is 2. The summed E-state index contributed by atoms with van der Waals surface area (Å²) in [7, 11) is 0. The number of carbonyl (C=O) groups excluding carboxylic acids is 2. The van der Waals surface area contributed by atoms with Crippen LogP contribution in [0, 0.1) is 0 Å². The smallest absolute Gasteiger partial charge is 0.239 e. The molecule has 0 aliphatic heterocycles. The van der Waals surface area contributed by atoms with E-state index in [4.69, 9.17) is 4.52 Å². The summed E-state index contributed by atoms with van der Waals surface area (Å²) in [5.74, 6) is 0.633. The molecule has 1 aliphatic carbocycles. The topological polar surface area (TPSA) is 100 Å².